The standard InChI is InChI=1S/C10H10N2O/c1-2-4-10(5-3-1)8-13-12-7-6-11-9-12/h1-7,9H,8H2. The highest BCUT2D eigenvalue weighted by atomic mass is 16.7. The summed E-state index contributed by atoms with van der Waals surface area (Å²) >= 11 is 0. The second-order valence-corrected chi connectivity index (χ2v) is 2.68. The highest BCUT2D eigenvalue weighted by Crippen LogP contribution is 1.98. The van der Waals surface area contributed by atoms with Crippen LogP contribution in [0.1, 0.15) is 5.56 Å². The van der Waals surface area contributed by atoms with Crippen molar-refractivity contribution in [1.82, 2.24) is 9.71 Å². The fourth-order valence-electron chi connectivity index (χ4n) is 1.05. The number of benzene rings is 1. The average Bonchev–Trinajstić information content (AvgIpc) is 2.69. The quantitative estimate of drug-likeness (QED) is 0.705. The zero-order valence-electron chi connectivity index (χ0n) is 7.13. The molecule has 0 saturated carbocycles. The molecule has 1 heterocycles. The van der Waals surface area contributed by atoms with Gasteiger partial charge in [-0.15, -0.1) is 0 Å². The predicted molar refractivity (Wildman–Crippen MR) is 49.0 cm³/mol. The molecule has 0 radical (unpaired) electrons. The van der Waals surface area contributed by atoms with Crippen LogP contribution in [0.3, 0.4) is 0 Å². The molecular formula is C10H10N2O. The van der Waals surface area contributed by atoms with Gasteiger partial charge in [0, 0.05) is 6.20 Å². The molecule has 66 valence electrons. The van der Waals surface area contributed by atoms with Gasteiger partial charge in [-0.3, -0.25) is 0 Å². The minimum absolute atomic E-state index is 0.567. The average molecular weight is 174 g/mol. The van der Waals surface area contributed by atoms with E-state index in [1.54, 1.807) is 23.5 Å². The van der Waals surface area contributed by atoms with Crippen molar-refractivity contribution in [1.29, 1.82) is 0 Å². The van der Waals surface area contributed by atoms with E-state index in [2.05, 4.69) is 4.98 Å². The SMILES string of the molecule is c1ccc(COn2ccnc2)cc1. The van der Waals surface area contributed by atoms with Gasteiger partial charge in [0.05, 0.1) is 6.20 Å². The van der Waals surface area contributed by atoms with Crippen LogP contribution in [0.15, 0.2) is 49.1 Å². The third-order valence-electron chi connectivity index (χ3n) is 1.70. The van der Waals surface area contributed by atoms with E-state index in [1.807, 2.05) is 30.3 Å². The number of hydrogen-bond donors (Lipinski definition) is 0. The van der Waals surface area contributed by atoms with Crippen LogP contribution in [0, 0.1) is 0 Å². The molecule has 0 spiro atoms. The molecule has 0 N–H and O–H groups in total. The van der Waals surface area contributed by atoms with Crippen molar-refractivity contribution in [2.24, 2.45) is 0 Å². The Bertz CT molecular complexity index is 342. The molecule has 0 aliphatic heterocycles. The summed E-state index contributed by atoms with van der Waals surface area (Å²) in [5.74, 6) is 0. The topological polar surface area (TPSA) is 27.1 Å². The first-order valence-corrected chi connectivity index (χ1v) is 4.10. The van der Waals surface area contributed by atoms with Crippen LogP contribution in [-0.2, 0) is 6.61 Å². The Kier molecular flexibility index (Phi) is 2.27. The summed E-state index contributed by atoms with van der Waals surface area (Å²) in [6, 6.07) is 10.0. The van der Waals surface area contributed by atoms with Crippen molar-refractivity contribution < 1.29 is 4.84 Å². The molecule has 0 bridgehead atoms. The van der Waals surface area contributed by atoms with Gasteiger partial charge in [-0.2, -0.15) is 4.73 Å². The number of nitrogens with zero attached hydrogens (tertiary/aromatic N) is 2. The van der Waals surface area contributed by atoms with Gasteiger partial charge in [0.25, 0.3) is 0 Å². The Morgan fingerprint density at radius 3 is 2.77 bits per heavy atom. The molecule has 3 heteroatoms. The predicted octanol–water partition coefficient (Wildman–Crippen LogP) is 1.51. The molecule has 0 unspecified atom stereocenters. The molecule has 0 fully saturated rings. The van der Waals surface area contributed by atoms with Crippen molar-refractivity contribution in [3.63, 3.8) is 0 Å². The van der Waals surface area contributed by atoms with Crippen molar-refractivity contribution in [3.05, 3.63) is 54.6 Å². The van der Waals surface area contributed by atoms with Crippen LogP contribution < -0.4 is 4.84 Å². The lowest BCUT2D eigenvalue weighted by Crippen LogP contribution is -2.08. The van der Waals surface area contributed by atoms with Gasteiger partial charge in [-0.1, -0.05) is 30.3 Å². The zero-order valence-corrected chi connectivity index (χ0v) is 7.13. The first-order chi connectivity index (χ1) is 6.45. The maximum atomic E-state index is 5.39. The summed E-state index contributed by atoms with van der Waals surface area (Å²) in [6.45, 7) is 0.567. The molecule has 1 aromatic carbocycles. The minimum atomic E-state index is 0.567. The van der Waals surface area contributed by atoms with Gasteiger partial charge in [0.1, 0.15) is 12.9 Å². The van der Waals surface area contributed by atoms with Crippen LogP contribution in [0.25, 0.3) is 0 Å². The van der Waals surface area contributed by atoms with Gasteiger partial charge in [-0.25, -0.2) is 4.98 Å². The lowest BCUT2D eigenvalue weighted by Gasteiger charge is -2.04. The molecule has 2 rings (SSSR count). The minimum Gasteiger partial charge on any atom is -0.408 e. The van der Waals surface area contributed by atoms with E-state index in [9.17, 15) is 0 Å². The van der Waals surface area contributed by atoms with E-state index in [0.29, 0.717) is 6.61 Å². The molecule has 3 nitrogen and oxygen atoms in total. The maximum Gasteiger partial charge on any atom is 0.140 e. The normalized spacial score (nSPS) is 9.85. The molecule has 0 amide bonds. The van der Waals surface area contributed by atoms with E-state index in [0.717, 1.165) is 5.56 Å². The highest BCUT2D eigenvalue weighted by molar-refractivity contribution is 5.13. The Labute approximate surface area is 76.6 Å². The Hall–Kier alpha value is -1.77. The molecule has 0 aliphatic rings. The number of rotatable bonds is 3. The van der Waals surface area contributed by atoms with Gasteiger partial charge in [0.15, 0.2) is 0 Å². The zero-order chi connectivity index (χ0) is 8.93. The molecular weight excluding hydrogens is 164 g/mol. The van der Waals surface area contributed by atoms with Crippen molar-refractivity contribution in [2.75, 3.05) is 0 Å². The van der Waals surface area contributed by atoms with Gasteiger partial charge < -0.3 is 4.84 Å². The molecule has 0 atom stereocenters. The van der Waals surface area contributed by atoms with E-state index >= 15 is 0 Å². The molecule has 0 aliphatic carbocycles. The van der Waals surface area contributed by atoms with E-state index in [1.165, 1.54) is 0 Å². The molecule has 1 aromatic heterocycles. The number of imidazole rings is 1. The Morgan fingerprint density at radius 2 is 2.08 bits per heavy atom. The summed E-state index contributed by atoms with van der Waals surface area (Å²) in [7, 11) is 0. The van der Waals surface area contributed by atoms with Crippen molar-refractivity contribution in [2.45, 2.75) is 6.61 Å². The van der Waals surface area contributed by atoms with Crippen LogP contribution in [0.5, 0.6) is 0 Å². The summed E-state index contributed by atoms with van der Waals surface area (Å²) < 4.78 is 1.59. The van der Waals surface area contributed by atoms with Gasteiger partial charge >= 0.3 is 0 Å². The lowest BCUT2D eigenvalue weighted by atomic mass is 10.2. The first-order valence-electron chi connectivity index (χ1n) is 4.10. The first kappa shape index (κ1) is 7.86. The Morgan fingerprint density at radius 1 is 1.23 bits per heavy atom. The van der Waals surface area contributed by atoms with Gasteiger partial charge in [-0.05, 0) is 5.56 Å². The third-order valence-corrected chi connectivity index (χ3v) is 1.70. The fourth-order valence-corrected chi connectivity index (χ4v) is 1.05. The van der Waals surface area contributed by atoms with Crippen LogP contribution in [0.4, 0.5) is 0 Å². The van der Waals surface area contributed by atoms with E-state index in [-0.39, 0.29) is 0 Å². The third kappa shape index (κ3) is 2.08. The van der Waals surface area contributed by atoms with Crippen LogP contribution in [-0.4, -0.2) is 9.71 Å². The maximum absolute atomic E-state index is 5.39. The second-order valence-electron chi connectivity index (χ2n) is 2.68. The molecule has 2 aromatic rings. The van der Waals surface area contributed by atoms with Crippen LogP contribution in [0.2, 0.25) is 0 Å². The van der Waals surface area contributed by atoms with Crippen LogP contribution >= 0.6 is 0 Å². The number of hydrogen-bond acceptors (Lipinski definition) is 2. The summed E-state index contributed by atoms with van der Waals surface area (Å²) in [4.78, 5) is 9.26. The summed E-state index contributed by atoms with van der Waals surface area (Å²) in [5, 5.41) is 0. The van der Waals surface area contributed by atoms with Gasteiger partial charge in [0.2, 0.25) is 0 Å². The highest BCUT2D eigenvalue weighted by Gasteiger charge is 1.91. The molecule has 13 heavy (non-hydrogen) atoms. The Balaban J connectivity index is 1.94. The monoisotopic (exact) mass is 174 g/mol. The van der Waals surface area contributed by atoms with Crippen molar-refractivity contribution >= 4 is 0 Å². The summed E-state index contributed by atoms with van der Waals surface area (Å²) in [6.07, 6.45) is 5.08. The smallest absolute Gasteiger partial charge is 0.140 e. The molecule has 0 saturated heterocycles. The van der Waals surface area contributed by atoms with E-state index < -0.39 is 0 Å². The number of aromatic nitrogens is 2. The largest absolute Gasteiger partial charge is 0.408 e. The van der Waals surface area contributed by atoms with E-state index in [4.69, 9.17) is 4.84 Å². The fraction of sp³-hybridized carbons (Fsp3) is 0.100. The lowest BCUT2D eigenvalue weighted by molar-refractivity contribution is 0.0969. The van der Waals surface area contributed by atoms with Crippen molar-refractivity contribution in [3.8, 4) is 0 Å². The second kappa shape index (κ2) is 3.76. The summed E-state index contributed by atoms with van der Waals surface area (Å²) in [5.41, 5.74) is 1.15.